The smallest absolute Gasteiger partial charge is 0.228 e. The third-order valence-corrected chi connectivity index (χ3v) is 5.45. The molecule has 2 aliphatic rings. The number of amides is 1. The Labute approximate surface area is 165 Å². The van der Waals surface area contributed by atoms with E-state index in [0.717, 1.165) is 6.07 Å². The Balaban J connectivity index is 1.56. The van der Waals surface area contributed by atoms with Gasteiger partial charge in [-0.25, -0.2) is 23.1 Å². The molecule has 0 spiro atoms. The van der Waals surface area contributed by atoms with Crippen LogP contribution in [0.4, 0.5) is 24.8 Å². The highest BCUT2D eigenvalue weighted by Gasteiger charge is 2.36. The van der Waals surface area contributed by atoms with Crippen LogP contribution in [0.3, 0.4) is 0 Å². The van der Waals surface area contributed by atoms with Crippen molar-refractivity contribution in [3.63, 3.8) is 0 Å². The van der Waals surface area contributed by atoms with Crippen molar-refractivity contribution in [3.8, 4) is 0 Å². The van der Waals surface area contributed by atoms with Crippen molar-refractivity contribution in [3.05, 3.63) is 47.5 Å². The third-order valence-electron chi connectivity index (χ3n) is 5.45. The van der Waals surface area contributed by atoms with E-state index < -0.39 is 35.5 Å². The number of nitrogens with two attached hydrogens (primary N) is 1. The van der Waals surface area contributed by atoms with Crippen molar-refractivity contribution >= 4 is 17.5 Å². The fourth-order valence-corrected chi connectivity index (χ4v) is 3.88. The van der Waals surface area contributed by atoms with E-state index in [4.69, 9.17) is 5.73 Å². The van der Waals surface area contributed by atoms with Crippen LogP contribution in [0, 0.1) is 17.5 Å². The Morgan fingerprint density at radius 3 is 2.48 bits per heavy atom. The van der Waals surface area contributed by atoms with Crippen LogP contribution < -0.4 is 15.5 Å². The van der Waals surface area contributed by atoms with Crippen LogP contribution >= 0.6 is 0 Å². The first-order valence-corrected chi connectivity index (χ1v) is 9.29. The molecule has 0 saturated carbocycles. The van der Waals surface area contributed by atoms with Crippen LogP contribution in [0.1, 0.15) is 24.3 Å². The number of nitrogens with zero attached hydrogens (tertiary/aromatic N) is 4. The maximum Gasteiger partial charge on any atom is 0.228 e. The summed E-state index contributed by atoms with van der Waals surface area (Å²) in [5.41, 5.74) is 6.06. The molecule has 1 amide bonds. The van der Waals surface area contributed by atoms with Gasteiger partial charge in [-0.3, -0.25) is 9.69 Å². The minimum absolute atomic E-state index is 0.0427. The lowest BCUT2D eigenvalue weighted by Gasteiger charge is -2.36. The Hall–Kier alpha value is -2.72. The summed E-state index contributed by atoms with van der Waals surface area (Å²) in [5.74, 6) is -3.60. The maximum absolute atomic E-state index is 14.2. The average Bonchev–Trinajstić information content (AvgIpc) is 3.13. The molecule has 2 fully saturated rings. The van der Waals surface area contributed by atoms with Crippen molar-refractivity contribution < 1.29 is 23.1 Å². The first-order chi connectivity index (χ1) is 13.8. The van der Waals surface area contributed by atoms with Gasteiger partial charge in [-0.15, -0.1) is 0 Å². The molecule has 154 valence electrons. The fourth-order valence-electron chi connectivity index (χ4n) is 3.88. The second kappa shape index (κ2) is 7.60. The average molecular weight is 407 g/mol. The zero-order chi connectivity index (χ0) is 20.7. The number of hydrogen-bond acceptors (Lipinski definition) is 6. The first kappa shape index (κ1) is 19.6. The molecule has 0 radical (unpaired) electrons. The number of hydrogen-bond donors (Lipinski definition) is 2. The van der Waals surface area contributed by atoms with Crippen LogP contribution in [-0.4, -0.2) is 52.8 Å². The van der Waals surface area contributed by atoms with E-state index in [1.54, 1.807) is 6.07 Å². The van der Waals surface area contributed by atoms with Gasteiger partial charge in [0, 0.05) is 50.1 Å². The van der Waals surface area contributed by atoms with Gasteiger partial charge < -0.3 is 15.7 Å². The number of aliphatic hydroxyl groups excluding tert-OH is 1. The molecule has 3 atom stereocenters. The third kappa shape index (κ3) is 3.77. The van der Waals surface area contributed by atoms with Crippen molar-refractivity contribution in [2.75, 3.05) is 29.4 Å². The number of aliphatic hydroxyl groups is 1. The molecule has 3 N–H and O–H groups in total. The van der Waals surface area contributed by atoms with Crippen LogP contribution in [0.5, 0.6) is 0 Å². The van der Waals surface area contributed by atoms with E-state index in [1.165, 1.54) is 11.2 Å². The minimum Gasteiger partial charge on any atom is -0.391 e. The van der Waals surface area contributed by atoms with Crippen molar-refractivity contribution in [1.82, 2.24) is 9.97 Å². The Kier molecular flexibility index (Phi) is 5.13. The number of carbonyl (C=O) groups excluding carboxylic acids is 1. The lowest BCUT2D eigenvalue weighted by molar-refractivity contribution is -0.120. The summed E-state index contributed by atoms with van der Waals surface area (Å²) >= 11 is 0. The zero-order valence-corrected chi connectivity index (χ0v) is 15.4. The van der Waals surface area contributed by atoms with E-state index in [-0.39, 0.29) is 24.4 Å². The second-order valence-electron chi connectivity index (χ2n) is 7.39. The highest BCUT2D eigenvalue weighted by molar-refractivity contribution is 5.94. The van der Waals surface area contributed by atoms with Gasteiger partial charge >= 0.3 is 0 Å². The van der Waals surface area contributed by atoms with Gasteiger partial charge in [-0.05, 0) is 18.1 Å². The Morgan fingerprint density at radius 1 is 1.03 bits per heavy atom. The van der Waals surface area contributed by atoms with Crippen LogP contribution in [0.25, 0.3) is 0 Å². The van der Waals surface area contributed by atoms with E-state index in [9.17, 15) is 23.1 Å². The normalized spacial score (nSPS) is 25.0. The number of β-amino-alcohol motifs (C(OH)–C–C–N with tert-alkyl or cyclic N) is 1. The number of benzene rings is 1. The monoisotopic (exact) mass is 407 g/mol. The van der Waals surface area contributed by atoms with Crippen molar-refractivity contribution in [2.45, 2.75) is 30.9 Å². The molecule has 1 aromatic carbocycles. The molecule has 3 heterocycles. The molecule has 1 aromatic heterocycles. The number of piperidine rings is 1. The lowest BCUT2D eigenvalue weighted by Crippen LogP contribution is -2.51. The summed E-state index contributed by atoms with van der Waals surface area (Å²) in [6, 6.07) is 2.18. The van der Waals surface area contributed by atoms with Crippen molar-refractivity contribution in [1.29, 1.82) is 0 Å². The summed E-state index contributed by atoms with van der Waals surface area (Å²) in [6.45, 7) is 1.13. The molecule has 0 bridgehead atoms. The predicted molar refractivity (Wildman–Crippen MR) is 98.9 cm³/mol. The van der Waals surface area contributed by atoms with Gasteiger partial charge in [0.25, 0.3) is 0 Å². The van der Waals surface area contributed by atoms with Gasteiger partial charge in [0.2, 0.25) is 5.91 Å². The number of halogens is 3. The van der Waals surface area contributed by atoms with Gasteiger partial charge in [0.05, 0.1) is 6.10 Å². The molecule has 2 aromatic rings. The standard InChI is InChI=1S/C19H20F3N5O2/c20-13-5-15(22)14(21)3-11(13)12-4-19(29)27(8-16(12)23)18-6-17(24-9-25-18)26-2-1-10(28)7-26/h3,5-6,9-10,12,16,28H,1-2,4,7-8,23H2/t10-,12-,16+/m1/s1. The lowest BCUT2D eigenvalue weighted by atomic mass is 9.85. The molecule has 7 nitrogen and oxygen atoms in total. The van der Waals surface area contributed by atoms with Crippen molar-refractivity contribution in [2.24, 2.45) is 5.73 Å². The summed E-state index contributed by atoms with van der Waals surface area (Å²) in [4.78, 5) is 24.4. The summed E-state index contributed by atoms with van der Waals surface area (Å²) in [7, 11) is 0. The minimum atomic E-state index is -1.29. The fraction of sp³-hybridized carbons (Fsp3) is 0.421. The summed E-state index contributed by atoms with van der Waals surface area (Å²) in [6.07, 6.45) is 1.37. The molecule has 29 heavy (non-hydrogen) atoms. The summed E-state index contributed by atoms with van der Waals surface area (Å²) in [5, 5.41) is 9.71. The quantitative estimate of drug-likeness (QED) is 0.745. The maximum atomic E-state index is 14.2. The van der Waals surface area contributed by atoms with Crippen LogP contribution in [0.2, 0.25) is 0 Å². The predicted octanol–water partition coefficient (Wildman–Crippen LogP) is 1.31. The molecule has 10 heteroatoms. The molecule has 4 rings (SSSR count). The largest absolute Gasteiger partial charge is 0.391 e. The molecule has 0 aliphatic carbocycles. The van der Waals surface area contributed by atoms with E-state index in [2.05, 4.69) is 9.97 Å². The number of anilines is 2. The van der Waals surface area contributed by atoms with E-state index in [0.29, 0.717) is 37.2 Å². The first-order valence-electron chi connectivity index (χ1n) is 9.29. The highest BCUT2D eigenvalue weighted by Crippen LogP contribution is 2.33. The van der Waals surface area contributed by atoms with Gasteiger partial charge in [-0.2, -0.15) is 0 Å². The van der Waals surface area contributed by atoms with Gasteiger partial charge in [0.1, 0.15) is 23.8 Å². The number of aromatic nitrogens is 2. The van der Waals surface area contributed by atoms with E-state index in [1.807, 2.05) is 4.90 Å². The highest BCUT2D eigenvalue weighted by atomic mass is 19.2. The number of rotatable bonds is 3. The van der Waals surface area contributed by atoms with Gasteiger partial charge in [-0.1, -0.05) is 0 Å². The summed E-state index contributed by atoms with van der Waals surface area (Å²) < 4.78 is 41.0. The molecular formula is C19H20F3N5O2. The molecule has 2 saturated heterocycles. The molecule has 2 aliphatic heterocycles. The van der Waals surface area contributed by atoms with Crippen LogP contribution in [-0.2, 0) is 4.79 Å². The topological polar surface area (TPSA) is 95.6 Å². The van der Waals surface area contributed by atoms with E-state index >= 15 is 0 Å². The van der Waals surface area contributed by atoms with Gasteiger partial charge in [0.15, 0.2) is 11.6 Å². The second-order valence-corrected chi connectivity index (χ2v) is 7.39. The number of carbonyl (C=O) groups is 1. The molecule has 0 unspecified atom stereocenters. The molecular weight excluding hydrogens is 387 g/mol. The Bertz CT molecular complexity index is 944. The van der Waals surface area contributed by atoms with Crippen LogP contribution in [0.15, 0.2) is 24.5 Å². The Morgan fingerprint density at radius 2 is 1.76 bits per heavy atom. The zero-order valence-electron chi connectivity index (χ0n) is 15.4. The SMILES string of the molecule is N[C@H]1CN(c2cc(N3CC[C@@H](O)C3)ncn2)C(=O)C[C@@H]1c1cc(F)c(F)cc1F.